The smallest absolute Gasteiger partial charge is 0.326 e. The molecule has 0 spiro atoms. The summed E-state index contributed by atoms with van der Waals surface area (Å²) in [6.45, 7) is 4.19. The Bertz CT molecular complexity index is 1200. The van der Waals surface area contributed by atoms with Crippen LogP contribution in [0.4, 0.5) is 4.79 Å². The van der Waals surface area contributed by atoms with E-state index in [0.29, 0.717) is 19.4 Å². The fourth-order valence-electron chi connectivity index (χ4n) is 4.41. The molecule has 0 radical (unpaired) electrons. The monoisotopic (exact) mass is 516 g/mol. The highest BCUT2D eigenvalue weighted by Crippen LogP contribution is 2.21. The first kappa shape index (κ1) is 28.4. The van der Waals surface area contributed by atoms with Crippen LogP contribution in [0.15, 0.2) is 84.9 Å². The molecule has 2 amide bonds. The van der Waals surface area contributed by atoms with Gasteiger partial charge in [-0.2, -0.15) is 0 Å². The van der Waals surface area contributed by atoms with Crippen LogP contribution in [-0.2, 0) is 22.4 Å². The summed E-state index contributed by atoms with van der Waals surface area (Å²) in [5, 5.41) is 22.4. The van der Waals surface area contributed by atoms with Gasteiger partial charge in [-0.25, -0.2) is 9.59 Å². The Morgan fingerprint density at radius 2 is 1.37 bits per heavy atom. The molecule has 0 aromatic heterocycles. The molecule has 3 N–H and O–H groups in total. The summed E-state index contributed by atoms with van der Waals surface area (Å²) in [7, 11) is 0. The minimum absolute atomic E-state index is 0.00200. The van der Waals surface area contributed by atoms with Crippen molar-refractivity contribution in [1.82, 2.24) is 10.2 Å². The first-order chi connectivity index (χ1) is 18.2. The second-order valence-electron chi connectivity index (χ2n) is 9.97. The maximum Gasteiger partial charge on any atom is 0.326 e. The second-order valence-corrected chi connectivity index (χ2v) is 9.97. The maximum absolute atomic E-state index is 13.3. The van der Waals surface area contributed by atoms with Crippen LogP contribution < -0.4 is 5.32 Å². The number of nitrogens with zero attached hydrogens (tertiary/aromatic N) is 1. The fraction of sp³-hybridized carbons (Fsp3) is 0.323. The molecule has 0 heterocycles. The van der Waals surface area contributed by atoms with Crippen LogP contribution in [0.5, 0.6) is 0 Å². The van der Waals surface area contributed by atoms with Crippen LogP contribution in [0.3, 0.4) is 0 Å². The lowest BCUT2D eigenvalue weighted by atomic mass is 9.98. The zero-order valence-electron chi connectivity index (χ0n) is 21.9. The van der Waals surface area contributed by atoms with Crippen molar-refractivity contribution in [2.45, 2.75) is 39.2 Å². The fourth-order valence-corrected chi connectivity index (χ4v) is 4.41. The Morgan fingerprint density at radius 1 is 0.763 bits per heavy atom. The molecule has 0 bridgehead atoms. The van der Waals surface area contributed by atoms with E-state index in [2.05, 4.69) is 5.32 Å². The van der Waals surface area contributed by atoms with Gasteiger partial charge in [0.15, 0.2) is 0 Å². The van der Waals surface area contributed by atoms with Gasteiger partial charge in [0.05, 0.1) is 5.92 Å². The molecule has 0 aliphatic heterocycles. The average Bonchev–Trinajstić information content (AvgIpc) is 2.90. The molecular weight excluding hydrogens is 480 g/mol. The minimum Gasteiger partial charge on any atom is -0.481 e. The van der Waals surface area contributed by atoms with E-state index in [1.807, 2.05) is 98.8 Å². The Kier molecular flexibility index (Phi) is 10.5. The van der Waals surface area contributed by atoms with E-state index in [0.717, 1.165) is 22.3 Å². The summed E-state index contributed by atoms with van der Waals surface area (Å²) in [4.78, 5) is 38.8. The summed E-state index contributed by atoms with van der Waals surface area (Å²) in [5.41, 5.74) is 3.79. The van der Waals surface area contributed by atoms with Crippen molar-refractivity contribution in [1.29, 1.82) is 0 Å². The minimum atomic E-state index is -1.16. The Balaban J connectivity index is 1.71. The third kappa shape index (κ3) is 8.76. The number of hydrogen-bond acceptors (Lipinski definition) is 3. The lowest BCUT2D eigenvalue weighted by molar-refractivity contribution is -0.142. The molecule has 38 heavy (non-hydrogen) atoms. The third-order valence-corrected chi connectivity index (χ3v) is 6.36. The SMILES string of the molecule is CC(C)CN(C[C@H](CCc1ccccc1)C(=O)O)C(=O)N[C@@H](Cc1cccc(-c2ccccc2)c1)C(=O)O. The Labute approximate surface area is 224 Å². The second kappa shape index (κ2) is 14.0. The number of carboxylic acids is 2. The number of carbonyl (C=O) groups excluding carboxylic acids is 1. The highest BCUT2D eigenvalue weighted by atomic mass is 16.4. The highest BCUT2D eigenvalue weighted by molar-refractivity contribution is 5.83. The van der Waals surface area contributed by atoms with Crippen molar-refractivity contribution in [2.24, 2.45) is 11.8 Å². The van der Waals surface area contributed by atoms with E-state index >= 15 is 0 Å². The molecule has 3 aromatic rings. The van der Waals surface area contributed by atoms with E-state index in [1.54, 1.807) is 0 Å². The van der Waals surface area contributed by atoms with Crippen LogP contribution in [0, 0.1) is 11.8 Å². The third-order valence-electron chi connectivity index (χ3n) is 6.36. The molecule has 2 atom stereocenters. The molecule has 200 valence electrons. The summed E-state index contributed by atoms with van der Waals surface area (Å²) in [6, 6.07) is 25.3. The van der Waals surface area contributed by atoms with E-state index < -0.39 is 29.9 Å². The Hall–Kier alpha value is -4.13. The standard InChI is InChI=1S/C31H36N2O5/c1-22(2)20-33(21-27(29(34)35)17-16-23-10-5-3-6-11-23)31(38)32-28(30(36)37)19-24-12-9-15-26(18-24)25-13-7-4-8-14-25/h3-15,18,22,27-28H,16-17,19-21H2,1-2H3,(H,32,38)(H,34,35)(H,36,37)/t27-,28-/m0/s1. The van der Waals surface area contributed by atoms with Crippen molar-refractivity contribution in [3.63, 3.8) is 0 Å². The molecule has 0 saturated heterocycles. The molecule has 3 rings (SSSR count). The van der Waals surface area contributed by atoms with Gasteiger partial charge >= 0.3 is 18.0 Å². The topological polar surface area (TPSA) is 107 Å². The van der Waals surface area contributed by atoms with Gasteiger partial charge in [0, 0.05) is 19.5 Å². The van der Waals surface area contributed by atoms with Gasteiger partial charge in [-0.05, 0) is 41.0 Å². The lowest BCUT2D eigenvalue weighted by Gasteiger charge is -2.29. The molecule has 0 fully saturated rings. The average molecular weight is 517 g/mol. The van der Waals surface area contributed by atoms with Gasteiger partial charge in [-0.3, -0.25) is 4.79 Å². The lowest BCUT2D eigenvalue weighted by Crippen LogP contribution is -2.51. The van der Waals surface area contributed by atoms with Gasteiger partial charge < -0.3 is 20.4 Å². The van der Waals surface area contributed by atoms with E-state index in [-0.39, 0.29) is 18.9 Å². The number of benzene rings is 3. The van der Waals surface area contributed by atoms with Crippen LogP contribution in [-0.4, -0.2) is 52.2 Å². The predicted molar refractivity (Wildman–Crippen MR) is 148 cm³/mol. The van der Waals surface area contributed by atoms with Crippen molar-refractivity contribution in [2.75, 3.05) is 13.1 Å². The van der Waals surface area contributed by atoms with Crippen LogP contribution in [0.1, 0.15) is 31.4 Å². The molecule has 0 aliphatic rings. The van der Waals surface area contributed by atoms with E-state index in [9.17, 15) is 24.6 Å². The molecular formula is C31H36N2O5. The van der Waals surface area contributed by atoms with E-state index in [1.165, 1.54) is 4.90 Å². The predicted octanol–water partition coefficient (Wildman–Crippen LogP) is 5.35. The zero-order chi connectivity index (χ0) is 27.5. The first-order valence-electron chi connectivity index (χ1n) is 12.9. The van der Waals surface area contributed by atoms with Crippen LogP contribution >= 0.6 is 0 Å². The zero-order valence-corrected chi connectivity index (χ0v) is 21.9. The van der Waals surface area contributed by atoms with Gasteiger partial charge in [0.1, 0.15) is 6.04 Å². The molecule has 3 aromatic carbocycles. The van der Waals surface area contributed by atoms with Gasteiger partial charge in [-0.1, -0.05) is 98.8 Å². The summed E-state index contributed by atoms with van der Waals surface area (Å²) in [5.74, 6) is -2.82. The summed E-state index contributed by atoms with van der Waals surface area (Å²) >= 11 is 0. The molecule has 0 saturated carbocycles. The summed E-state index contributed by atoms with van der Waals surface area (Å²) in [6.07, 6.45) is 1.05. The number of aliphatic carboxylic acids is 2. The van der Waals surface area contributed by atoms with Crippen molar-refractivity contribution in [3.8, 4) is 11.1 Å². The normalized spacial score (nSPS) is 12.5. The van der Waals surface area contributed by atoms with E-state index in [4.69, 9.17) is 0 Å². The number of carboxylic acid groups (broad SMARTS) is 2. The summed E-state index contributed by atoms with van der Waals surface area (Å²) < 4.78 is 0. The largest absolute Gasteiger partial charge is 0.481 e. The van der Waals surface area contributed by atoms with Gasteiger partial charge in [0.2, 0.25) is 0 Å². The quantitative estimate of drug-likeness (QED) is 0.284. The number of rotatable bonds is 13. The van der Waals surface area contributed by atoms with Crippen molar-refractivity contribution >= 4 is 18.0 Å². The van der Waals surface area contributed by atoms with Gasteiger partial charge in [-0.15, -0.1) is 0 Å². The number of urea groups is 1. The molecule has 0 aliphatic carbocycles. The van der Waals surface area contributed by atoms with Crippen LogP contribution in [0.2, 0.25) is 0 Å². The number of aryl methyl sites for hydroxylation is 1. The first-order valence-corrected chi connectivity index (χ1v) is 12.9. The van der Waals surface area contributed by atoms with Crippen molar-refractivity contribution in [3.05, 3.63) is 96.1 Å². The van der Waals surface area contributed by atoms with Crippen molar-refractivity contribution < 1.29 is 24.6 Å². The molecule has 0 unspecified atom stereocenters. The number of hydrogen-bond donors (Lipinski definition) is 3. The highest BCUT2D eigenvalue weighted by Gasteiger charge is 2.28. The number of amides is 2. The van der Waals surface area contributed by atoms with Gasteiger partial charge in [0.25, 0.3) is 0 Å². The maximum atomic E-state index is 13.3. The molecule has 7 heteroatoms. The Morgan fingerprint density at radius 3 is 1.97 bits per heavy atom. The molecule has 7 nitrogen and oxygen atoms in total. The number of carbonyl (C=O) groups is 3. The van der Waals surface area contributed by atoms with Crippen LogP contribution in [0.25, 0.3) is 11.1 Å². The number of nitrogens with one attached hydrogen (secondary N) is 1.